The molecule has 0 aliphatic carbocycles. The highest BCUT2D eigenvalue weighted by Crippen LogP contribution is 2.41. The molecule has 8 heteroatoms. The molecule has 0 heterocycles. The van der Waals surface area contributed by atoms with Crippen LogP contribution in [0.5, 0.6) is 23.0 Å². The Morgan fingerprint density at radius 2 is 1.55 bits per heavy atom. The lowest BCUT2D eigenvalue weighted by atomic mass is 9.97. The molecule has 2 rings (SSSR count). The van der Waals surface area contributed by atoms with Crippen molar-refractivity contribution in [2.75, 3.05) is 28.4 Å². The van der Waals surface area contributed by atoms with Gasteiger partial charge in [0.05, 0.1) is 34.0 Å². The van der Waals surface area contributed by atoms with E-state index in [4.69, 9.17) is 24.2 Å². The summed E-state index contributed by atoms with van der Waals surface area (Å²) in [5.41, 5.74) is 4.18. The summed E-state index contributed by atoms with van der Waals surface area (Å²) < 4.78 is 21.4. The molecule has 0 aromatic heterocycles. The van der Waals surface area contributed by atoms with Crippen LogP contribution in [0.25, 0.3) is 5.57 Å². The van der Waals surface area contributed by atoms with E-state index in [1.54, 1.807) is 38.5 Å². The zero-order valence-electron chi connectivity index (χ0n) is 16.6. The average molecular weight is 398 g/mol. The van der Waals surface area contributed by atoms with E-state index in [1.807, 2.05) is 6.07 Å². The van der Waals surface area contributed by atoms with Crippen LogP contribution in [0.2, 0.25) is 0 Å². The third-order valence-corrected chi connectivity index (χ3v) is 4.04. The maximum atomic E-state index is 11.0. The second-order valence-corrected chi connectivity index (χ2v) is 5.62. The van der Waals surface area contributed by atoms with Crippen LogP contribution in [0.1, 0.15) is 16.7 Å². The van der Waals surface area contributed by atoms with Gasteiger partial charge in [0.15, 0.2) is 11.5 Å². The number of ether oxygens (including phenoxy) is 4. The summed E-state index contributed by atoms with van der Waals surface area (Å²) in [6.07, 6.45) is 0. The van der Waals surface area contributed by atoms with Gasteiger partial charge in [-0.1, -0.05) is 12.6 Å². The molecule has 0 aliphatic rings. The molecule has 152 valence electrons. The predicted molar refractivity (Wildman–Crippen MR) is 108 cm³/mol. The normalized spacial score (nSPS) is 9.55. The highest BCUT2D eigenvalue weighted by atomic mass is 16.5. The number of carbonyl (C=O) groups is 1. The molecular weight excluding hydrogens is 376 g/mol. The minimum atomic E-state index is -0.838. The summed E-state index contributed by atoms with van der Waals surface area (Å²) in [6, 6.07) is 10.6. The van der Waals surface area contributed by atoms with E-state index < -0.39 is 6.03 Å². The Bertz CT molecular complexity index is 950. The second kappa shape index (κ2) is 9.92. The molecule has 0 bridgehead atoms. The Hall–Kier alpha value is -3.83. The van der Waals surface area contributed by atoms with E-state index in [1.165, 1.54) is 19.7 Å². The van der Waals surface area contributed by atoms with Crippen molar-refractivity contribution in [3.63, 3.8) is 0 Å². The van der Waals surface area contributed by atoms with Crippen molar-refractivity contribution >= 4 is 11.6 Å². The lowest BCUT2D eigenvalue weighted by Crippen LogP contribution is -2.29. The third-order valence-electron chi connectivity index (χ3n) is 4.04. The maximum Gasteiger partial charge on any atom is 0.350 e. The highest BCUT2D eigenvalue weighted by molar-refractivity contribution is 5.81. The molecule has 2 aromatic carbocycles. The number of urea groups is 1. The zero-order valence-corrected chi connectivity index (χ0v) is 16.6. The van der Waals surface area contributed by atoms with E-state index in [0.29, 0.717) is 34.1 Å². The Labute approximate surface area is 169 Å². The lowest BCUT2D eigenvalue weighted by Gasteiger charge is -2.16. The van der Waals surface area contributed by atoms with E-state index in [-0.39, 0.29) is 0 Å². The van der Waals surface area contributed by atoms with Crippen molar-refractivity contribution in [3.8, 4) is 35.0 Å². The van der Waals surface area contributed by atoms with Gasteiger partial charge in [-0.3, -0.25) is 10.5 Å². The average Bonchev–Trinajstić information content (AvgIpc) is 2.77. The zero-order chi connectivity index (χ0) is 21.4. The van der Waals surface area contributed by atoms with Gasteiger partial charge in [-0.15, -0.1) is 0 Å². The molecule has 29 heavy (non-hydrogen) atoms. The number of carbonyl (C=O) groups excluding carboxylic acids is 1. The Morgan fingerprint density at radius 1 is 0.931 bits per heavy atom. The first-order chi connectivity index (χ1) is 14.0. The predicted octanol–water partition coefficient (Wildman–Crippen LogP) is 2.78. The van der Waals surface area contributed by atoms with Crippen LogP contribution >= 0.6 is 0 Å². The van der Waals surface area contributed by atoms with Crippen LogP contribution in [-0.2, 0) is 0 Å². The molecule has 2 aromatic rings. The fourth-order valence-corrected chi connectivity index (χ4v) is 2.60. The minimum Gasteiger partial charge on any atom is -0.495 e. The smallest absolute Gasteiger partial charge is 0.350 e. The molecule has 0 radical (unpaired) electrons. The van der Waals surface area contributed by atoms with Gasteiger partial charge in [-0.2, -0.15) is 0 Å². The van der Waals surface area contributed by atoms with E-state index >= 15 is 0 Å². The molecule has 0 fully saturated rings. The molecule has 3 N–H and O–H groups in total. The Morgan fingerprint density at radius 3 is 2.07 bits per heavy atom. The van der Waals surface area contributed by atoms with E-state index in [9.17, 15) is 4.79 Å². The molecule has 2 amide bonds. The van der Waals surface area contributed by atoms with Crippen molar-refractivity contribution in [1.29, 1.82) is 0 Å². The van der Waals surface area contributed by atoms with Gasteiger partial charge >= 0.3 is 6.03 Å². The topological polar surface area (TPSA) is 98.3 Å². The maximum absolute atomic E-state index is 11.0. The van der Waals surface area contributed by atoms with Gasteiger partial charge in [0.25, 0.3) is 0 Å². The second-order valence-electron chi connectivity index (χ2n) is 5.62. The van der Waals surface area contributed by atoms with Gasteiger partial charge in [-0.25, -0.2) is 10.3 Å². The summed E-state index contributed by atoms with van der Waals surface area (Å²) in [4.78, 5) is 11.0. The largest absolute Gasteiger partial charge is 0.495 e. The van der Waals surface area contributed by atoms with Crippen LogP contribution in [0.3, 0.4) is 0 Å². The molecule has 0 saturated heterocycles. The SMILES string of the molecule is C=C(c1ccc(OC)c(C#CNC(=O)NO)c1)c1cc(OC)c(OC)c(OC)c1. The first-order valence-corrected chi connectivity index (χ1v) is 8.37. The Balaban J connectivity index is 2.45. The van der Waals surface area contributed by atoms with Crippen LogP contribution in [-0.4, -0.2) is 39.7 Å². The van der Waals surface area contributed by atoms with Gasteiger partial charge in [0, 0.05) is 6.04 Å². The number of methoxy groups -OCH3 is 4. The number of hydroxylamine groups is 1. The minimum absolute atomic E-state index is 0.487. The van der Waals surface area contributed by atoms with Crippen molar-refractivity contribution in [2.45, 2.75) is 0 Å². The highest BCUT2D eigenvalue weighted by Gasteiger charge is 2.16. The molecule has 0 saturated carbocycles. The molecular formula is C21H22N2O6. The summed E-state index contributed by atoms with van der Waals surface area (Å²) in [5, 5.41) is 10.7. The monoisotopic (exact) mass is 398 g/mol. The van der Waals surface area contributed by atoms with Crippen molar-refractivity contribution in [1.82, 2.24) is 10.8 Å². The fraction of sp³-hybridized carbons (Fsp3) is 0.190. The van der Waals surface area contributed by atoms with Crippen LogP contribution < -0.4 is 29.7 Å². The number of rotatable bonds is 6. The standard InChI is InChI=1S/C21H22N2O6/c1-13(16-11-18(27-3)20(29-5)19(12-16)28-4)14-6-7-17(26-2)15(10-14)8-9-22-21(24)23-25/h6-7,10-12,25H,1H2,2-5H3,(H2,22,23,24). The van der Waals surface area contributed by atoms with Crippen LogP contribution in [0.4, 0.5) is 4.79 Å². The van der Waals surface area contributed by atoms with Crippen molar-refractivity contribution < 1.29 is 28.9 Å². The fourth-order valence-electron chi connectivity index (χ4n) is 2.60. The van der Waals surface area contributed by atoms with Crippen LogP contribution in [0, 0.1) is 12.0 Å². The van der Waals surface area contributed by atoms with Gasteiger partial charge < -0.3 is 18.9 Å². The molecule has 0 spiro atoms. The number of benzene rings is 2. The third kappa shape index (κ3) is 4.91. The van der Waals surface area contributed by atoms with Crippen molar-refractivity contribution in [2.24, 2.45) is 0 Å². The van der Waals surface area contributed by atoms with Gasteiger partial charge in [-0.05, 0) is 46.9 Å². The Kier molecular flexibility index (Phi) is 7.34. The number of nitrogens with one attached hydrogen (secondary N) is 2. The summed E-state index contributed by atoms with van der Waals surface area (Å²) in [6.45, 7) is 4.17. The van der Waals surface area contributed by atoms with Crippen molar-refractivity contribution in [3.05, 3.63) is 53.6 Å². The van der Waals surface area contributed by atoms with Gasteiger partial charge in [0.2, 0.25) is 5.75 Å². The van der Waals surface area contributed by atoms with Crippen LogP contribution in [0.15, 0.2) is 36.9 Å². The summed E-state index contributed by atoms with van der Waals surface area (Å²) >= 11 is 0. The molecule has 0 aliphatic heterocycles. The van der Waals surface area contributed by atoms with Gasteiger partial charge in [0.1, 0.15) is 5.75 Å². The number of hydrogen-bond donors (Lipinski definition) is 3. The summed E-state index contributed by atoms with van der Waals surface area (Å²) in [7, 11) is 6.14. The van der Waals surface area contributed by atoms with E-state index in [2.05, 4.69) is 23.9 Å². The number of amides is 2. The molecule has 0 atom stereocenters. The first kappa shape index (κ1) is 21.5. The molecule has 8 nitrogen and oxygen atoms in total. The number of hydrogen-bond acceptors (Lipinski definition) is 6. The lowest BCUT2D eigenvalue weighted by molar-refractivity contribution is 0.165. The molecule has 0 unspecified atom stereocenters. The first-order valence-electron chi connectivity index (χ1n) is 8.37. The quantitative estimate of drug-likeness (QED) is 0.300. The summed E-state index contributed by atoms with van der Waals surface area (Å²) in [5.74, 6) is 4.80. The van der Waals surface area contributed by atoms with E-state index in [0.717, 1.165) is 11.1 Å².